The fourth-order valence-electron chi connectivity index (χ4n) is 1.45. The van der Waals surface area contributed by atoms with Gasteiger partial charge in [0.15, 0.2) is 0 Å². The van der Waals surface area contributed by atoms with Gasteiger partial charge in [-0.15, -0.1) is 0 Å². The lowest BCUT2D eigenvalue weighted by molar-refractivity contribution is -0.386. The number of halogens is 2. The second-order valence-corrected chi connectivity index (χ2v) is 5.37. The highest BCUT2D eigenvalue weighted by molar-refractivity contribution is 9.11. The Morgan fingerprint density at radius 3 is 2.61 bits per heavy atom. The molecule has 0 saturated carbocycles. The van der Waals surface area contributed by atoms with Crippen LogP contribution >= 0.6 is 31.9 Å². The molecule has 8 heteroatoms. The largest absolute Gasteiger partial charge is 0.394 e. The van der Waals surface area contributed by atoms with Gasteiger partial charge in [0.2, 0.25) is 0 Å². The molecule has 1 atom stereocenters. The summed E-state index contributed by atoms with van der Waals surface area (Å²) in [6.07, 6.45) is -0.918. The Hall–Kier alpha value is -0.700. The number of nitro groups is 1. The highest BCUT2D eigenvalue weighted by atomic mass is 79.9. The molecule has 6 nitrogen and oxygen atoms in total. The van der Waals surface area contributed by atoms with E-state index in [1.54, 1.807) is 13.0 Å². The Balaban J connectivity index is 3.11. The van der Waals surface area contributed by atoms with E-state index in [2.05, 4.69) is 37.2 Å². The maximum atomic E-state index is 10.9. The van der Waals surface area contributed by atoms with Gasteiger partial charge in [-0.1, -0.05) is 0 Å². The van der Waals surface area contributed by atoms with Crippen molar-refractivity contribution in [3.8, 4) is 0 Å². The molecule has 1 rings (SSSR count). The number of anilines is 1. The Kier molecular flexibility index (Phi) is 5.51. The molecule has 0 aliphatic carbocycles. The van der Waals surface area contributed by atoms with Crippen molar-refractivity contribution >= 4 is 43.2 Å². The number of rotatable bonds is 5. The summed E-state index contributed by atoms with van der Waals surface area (Å²) >= 11 is 6.43. The molecule has 0 aromatic heterocycles. The first-order valence-corrected chi connectivity index (χ1v) is 6.62. The molecule has 1 aromatic rings. The molecule has 0 saturated heterocycles. The molecule has 0 fully saturated rings. The Bertz CT molecular complexity index is 468. The lowest BCUT2D eigenvalue weighted by atomic mass is 10.1. The van der Waals surface area contributed by atoms with Crippen LogP contribution in [-0.4, -0.2) is 34.4 Å². The quantitative estimate of drug-likeness (QED) is 0.535. The van der Waals surface area contributed by atoms with Crippen LogP contribution in [0.5, 0.6) is 0 Å². The molecule has 0 amide bonds. The summed E-state index contributed by atoms with van der Waals surface area (Å²) in [7, 11) is 0. The van der Waals surface area contributed by atoms with E-state index in [0.29, 0.717) is 20.2 Å². The summed E-state index contributed by atoms with van der Waals surface area (Å²) in [4.78, 5) is 10.5. The van der Waals surface area contributed by atoms with Crippen molar-refractivity contribution < 1.29 is 15.1 Å². The molecule has 0 aliphatic heterocycles. The molecule has 0 spiro atoms. The lowest BCUT2D eigenvalue weighted by Crippen LogP contribution is -2.23. The monoisotopic (exact) mass is 382 g/mol. The first-order valence-electron chi connectivity index (χ1n) is 5.04. The predicted octanol–water partition coefficient (Wildman–Crippen LogP) is 2.19. The maximum Gasteiger partial charge on any atom is 0.288 e. The number of nitrogens with one attached hydrogen (secondary N) is 1. The van der Waals surface area contributed by atoms with Gasteiger partial charge in [0, 0.05) is 11.0 Å². The number of nitro benzene ring substituents is 1. The van der Waals surface area contributed by atoms with Crippen molar-refractivity contribution in [3.63, 3.8) is 0 Å². The van der Waals surface area contributed by atoms with Crippen LogP contribution in [-0.2, 0) is 0 Å². The van der Waals surface area contributed by atoms with Gasteiger partial charge < -0.3 is 15.5 Å². The topological polar surface area (TPSA) is 95.6 Å². The Morgan fingerprint density at radius 2 is 2.11 bits per heavy atom. The van der Waals surface area contributed by atoms with Crippen molar-refractivity contribution in [2.75, 3.05) is 18.5 Å². The van der Waals surface area contributed by atoms with Gasteiger partial charge in [0.25, 0.3) is 5.69 Å². The minimum Gasteiger partial charge on any atom is -0.394 e. The molecule has 0 heterocycles. The molecule has 0 aliphatic rings. The van der Waals surface area contributed by atoms with E-state index in [0.717, 1.165) is 0 Å². The Morgan fingerprint density at radius 1 is 1.50 bits per heavy atom. The van der Waals surface area contributed by atoms with Crippen molar-refractivity contribution in [2.45, 2.75) is 13.0 Å². The summed E-state index contributed by atoms with van der Waals surface area (Å²) < 4.78 is 1.02. The summed E-state index contributed by atoms with van der Waals surface area (Å²) in [5.74, 6) is 0. The first-order chi connectivity index (χ1) is 8.38. The standard InChI is InChI=1S/C10H12Br2N2O4/c1-5-9(13-3-6(16)4-15)7(11)2-8(12)10(5)14(17)18/h2,6,13,15-16H,3-4H2,1H3. The van der Waals surface area contributed by atoms with Crippen molar-refractivity contribution in [1.29, 1.82) is 0 Å². The number of aliphatic hydroxyl groups is 2. The molecule has 3 N–H and O–H groups in total. The summed E-state index contributed by atoms with van der Waals surface area (Å²) in [5, 5.41) is 31.8. The smallest absolute Gasteiger partial charge is 0.288 e. The van der Waals surface area contributed by atoms with E-state index in [1.165, 1.54) is 0 Å². The lowest BCUT2D eigenvalue weighted by Gasteiger charge is -2.15. The summed E-state index contributed by atoms with van der Waals surface area (Å²) in [5.41, 5.74) is 0.947. The third-order valence-electron chi connectivity index (χ3n) is 2.36. The van der Waals surface area contributed by atoms with E-state index < -0.39 is 11.0 Å². The molecular weight excluding hydrogens is 372 g/mol. The zero-order valence-corrected chi connectivity index (χ0v) is 12.7. The molecule has 0 bridgehead atoms. The average molecular weight is 384 g/mol. The van der Waals surface area contributed by atoms with Crippen LogP contribution in [0.1, 0.15) is 5.56 Å². The minimum absolute atomic E-state index is 0.0285. The van der Waals surface area contributed by atoms with Crippen LogP contribution in [0.3, 0.4) is 0 Å². The molecule has 1 aromatic carbocycles. The van der Waals surface area contributed by atoms with Crippen LogP contribution in [0.25, 0.3) is 0 Å². The fourth-order valence-corrected chi connectivity index (χ4v) is 3.10. The second-order valence-electron chi connectivity index (χ2n) is 3.66. The van der Waals surface area contributed by atoms with Gasteiger partial charge in [-0.05, 0) is 44.8 Å². The summed E-state index contributed by atoms with van der Waals surface area (Å²) in [6, 6.07) is 1.57. The third kappa shape index (κ3) is 3.41. The van der Waals surface area contributed by atoms with Crippen molar-refractivity contribution in [1.82, 2.24) is 0 Å². The van der Waals surface area contributed by atoms with Crippen molar-refractivity contribution in [2.24, 2.45) is 0 Å². The summed E-state index contributed by atoms with van der Waals surface area (Å²) in [6.45, 7) is 1.35. The number of benzene rings is 1. The molecule has 1 unspecified atom stereocenters. The van der Waals surface area contributed by atoms with E-state index in [4.69, 9.17) is 5.11 Å². The van der Waals surface area contributed by atoms with E-state index in [9.17, 15) is 15.2 Å². The number of nitrogens with zero attached hydrogens (tertiary/aromatic N) is 1. The van der Waals surface area contributed by atoms with Crippen LogP contribution in [0.15, 0.2) is 15.0 Å². The molecule has 100 valence electrons. The second kappa shape index (κ2) is 6.46. The van der Waals surface area contributed by atoms with Gasteiger partial charge >= 0.3 is 0 Å². The number of aliphatic hydroxyl groups excluding tert-OH is 2. The van der Waals surface area contributed by atoms with Gasteiger partial charge in [0.05, 0.1) is 33.4 Å². The van der Waals surface area contributed by atoms with Gasteiger partial charge in [0.1, 0.15) is 0 Å². The van der Waals surface area contributed by atoms with Crippen molar-refractivity contribution in [3.05, 3.63) is 30.7 Å². The highest BCUT2D eigenvalue weighted by Crippen LogP contribution is 2.38. The predicted molar refractivity (Wildman–Crippen MR) is 74.8 cm³/mol. The fraction of sp³-hybridized carbons (Fsp3) is 0.400. The average Bonchev–Trinajstić information content (AvgIpc) is 2.27. The normalized spacial score (nSPS) is 12.3. The third-order valence-corrected chi connectivity index (χ3v) is 3.59. The minimum atomic E-state index is -0.918. The molecule has 18 heavy (non-hydrogen) atoms. The molecule has 0 radical (unpaired) electrons. The maximum absolute atomic E-state index is 10.9. The number of hydrogen-bond acceptors (Lipinski definition) is 5. The van der Waals surface area contributed by atoms with Crippen LogP contribution in [0, 0.1) is 17.0 Å². The Labute approximate surface area is 120 Å². The van der Waals surface area contributed by atoms with Crippen LogP contribution < -0.4 is 5.32 Å². The van der Waals surface area contributed by atoms with E-state index in [1.807, 2.05) is 0 Å². The highest BCUT2D eigenvalue weighted by Gasteiger charge is 2.21. The first kappa shape index (κ1) is 15.4. The van der Waals surface area contributed by atoms with E-state index in [-0.39, 0.29) is 18.8 Å². The SMILES string of the molecule is Cc1c(NCC(O)CO)c(Br)cc(Br)c1[N+](=O)[O-]. The van der Waals surface area contributed by atoms with E-state index >= 15 is 0 Å². The van der Waals surface area contributed by atoms with Crippen LogP contribution in [0.4, 0.5) is 11.4 Å². The number of hydrogen-bond donors (Lipinski definition) is 3. The van der Waals surface area contributed by atoms with Gasteiger partial charge in [-0.2, -0.15) is 0 Å². The van der Waals surface area contributed by atoms with Crippen LogP contribution in [0.2, 0.25) is 0 Å². The zero-order valence-electron chi connectivity index (χ0n) is 9.48. The zero-order chi connectivity index (χ0) is 13.9. The van der Waals surface area contributed by atoms with Gasteiger partial charge in [-0.3, -0.25) is 10.1 Å². The molecular formula is C10H12Br2N2O4. The van der Waals surface area contributed by atoms with Gasteiger partial charge in [-0.25, -0.2) is 0 Å².